The van der Waals surface area contributed by atoms with Crippen LogP contribution in [0.25, 0.3) is 0 Å². The maximum atomic E-state index is 12.3. The third-order valence-electron chi connectivity index (χ3n) is 2.57. The zero-order chi connectivity index (χ0) is 15.5. The van der Waals surface area contributed by atoms with Crippen molar-refractivity contribution < 1.29 is 8.42 Å². The Bertz CT molecular complexity index is 736. The van der Waals surface area contributed by atoms with Crippen molar-refractivity contribution in [2.45, 2.75) is 11.8 Å². The highest BCUT2D eigenvalue weighted by Gasteiger charge is 2.16. The Hall–Kier alpha value is -1.31. The van der Waals surface area contributed by atoms with E-state index in [1.807, 2.05) is 6.92 Å². The van der Waals surface area contributed by atoms with Gasteiger partial charge in [-0.3, -0.25) is 4.72 Å². The van der Waals surface area contributed by atoms with Gasteiger partial charge in [0, 0.05) is 22.9 Å². The number of pyridine rings is 1. The fraction of sp³-hybridized carbons (Fsp3) is 0.154. The topological polar surface area (TPSA) is 71.1 Å². The number of benzene rings is 1. The van der Waals surface area contributed by atoms with E-state index in [0.29, 0.717) is 18.1 Å². The summed E-state index contributed by atoms with van der Waals surface area (Å²) in [6, 6.07) is 8.18. The van der Waals surface area contributed by atoms with Gasteiger partial charge < -0.3 is 5.32 Å². The molecule has 5 nitrogen and oxygen atoms in total. The quantitative estimate of drug-likeness (QED) is 0.816. The van der Waals surface area contributed by atoms with Crippen molar-refractivity contribution in [3.05, 3.63) is 46.0 Å². The van der Waals surface area contributed by atoms with Gasteiger partial charge in [0.15, 0.2) is 0 Å². The summed E-state index contributed by atoms with van der Waals surface area (Å²) >= 11 is 9.31. The summed E-state index contributed by atoms with van der Waals surface area (Å²) in [6.07, 6.45) is 1.27. The van der Waals surface area contributed by atoms with E-state index in [2.05, 4.69) is 31.0 Å². The summed E-state index contributed by atoms with van der Waals surface area (Å²) in [4.78, 5) is 4.03. The van der Waals surface area contributed by atoms with Crippen LogP contribution >= 0.6 is 27.5 Å². The molecule has 8 heteroatoms. The van der Waals surface area contributed by atoms with Crippen LogP contribution in [-0.2, 0) is 10.0 Å². The lowest BCUT2D eigenvalue weighted by Crippen LogP contribution is -2.13. The lowest BCUT2D eigenvalue weighted by molar-refractivity contribution is 0.601. The molecular weight excluding hydrogens is 378 g/mol. The van der Waals surface area contributed by atoms with Gasteiger partial charge in [-0.05, 0) is 37.3 Å². The maximum Gasteiger partial charge on any atom is 0.263 e. The van der Waals surface area contributed by atoms with Gasteiger partial charge in [-0.1, -0.05) is 27.5 Å². The lowest BCUT2D eigenvalue weighted by atomic mass is 10.3. The van der Waals surface area contributed by atoms with E-state index in [1.165, 1.54) is 12.3 Å². The van der Waals surface area contributed by atoms with Gasteiger partial charge in [-0.15, -0.1) is 0 Å². The summed E-state index contributed by atoms with van der Waals surface area (Å²) in [5.41, 5.74) is 0.463. The average molecular weight is 391 g/mol. The minimum atomic E-state index is -3.72. The molecule has 0 saturated carbocycles. The molecule has 0 aliphatic carbocycles. The highest BCUT2D eigenvalue weighted by atomic mass is 79.9. The SMILES string of the molecule is CCNc1ncc(S(=O)(=O)Nc2ccc(Br)cc2)cc1Cl. The van der Waals surface area contributed by atoms with Crippen LogP contribution in [0.5, 0.6) is 0 Å². The van der Waals surface area contributed by atoms with Gasteiger partial charge in [-0.2, -0.15) is 0 Å². The van der Waals surface area contributed by atoms with Crippen molar-refractivity contribution in [3.63, 3.8) is 0 Å². The number of rotatable bonds is 5. The highest BCUT2D eigenvalue weighted by molar-refractivity contribution is 9.10. The van der Waals surface area contributed by atoms with Crippen LogP contribution in [0.3, 0.4) is 0 Å². The van der Waals surface area contributed by atoms with E-state index in [1.54, 1.807) is 24.3 Å². The van der Waals surface area contributed by atoms with E-state index >= 15 is 0 Å². The first-order valence-corrected chi connectivity index (χ1v) is 8.75. The molecule has 0 aliphatic heterocycles. The molecule has 21 heavy (non-hydrogen) atoms. The molecule has 0 bridgehead atoms. The number of sulfonamides is 1. The Morgan fingerprint density at radius 3 is 2.52 bits per heavy atom. The molecule has 1 aromatic carbocycles. The Labute approximate surface area is 136 Å². The standard InChI is InChI=1S/C13H13BrClN3O2S/c1-2-16-13-12(15)7-11(8-17-13)21(19,20)18-10-5-3-9(14)4-6-10/h3-8,18H,2H2,1H3,(H,16,17). The fourth-order valence-corrected chi connectivity index (χ4v) is 3.19. The van der Waals surface area contributed by atoms with Crippen LogP contribution in [0.2, 0.25) is 5.02 Å². The predicted molar refractivity (Wildman–Crippen MR) is 88.4 cm³/mol. The molecule has 0 saturated heterocycles. The van der Waals surface area contributed by atoms with Gasteiger partial charge in [0.1, 0.15) is 10.7 Å². The Morgan fingerprint density at radius 2 is 1.95 bits per heavy atom. The number of anilines is 2. The summed E-state index contributed by atoms with van der Waals surface area (Å²) in [7, 11) is -3.72. The monoisotopic (exact) mass is 389 g/mol. The lowest BCUT2D eigenvalue weighted by Gasteiger charge is -2.10. The summed E-state index contributed by atoms with van der Waals surface area (Å²) in [6.45, 7) is 2.55. The van der Waals surface area contributed by atoms with Gasteiger partial charge in [0.25, 0.3) is 10.0 Å². The Morgan fingerprint density at radius 1 is 1.29 bits per heavy atom. The van der Waals surface area contributed by atoms with Crippen molar-refractivity contribution >= 4 is 49.1 Å². The summed E-state index contributed by atoms with van der Waals surface area (Å²) in [5, 5.41) is 3.21. The summed E-state index contributed by atoms with van der Waals surface area (Å²) in [5.74, 6) is 0.460. The largest absolute Gasteiger partial charge is 0.369 e. The van der Waals surface area contributed by atoms with Gasteiger partial charge in [0.2, 0.25) is 0 Å². The minimum Gasteiger partial charge on any atom is -0.369 e. The molecule has 0 atom stereocenters. The third kappa shape index (κ3) is 4.09. The summed E-state index contributed by atoms with van der Waals surface area (Å²) < 4.78 is 27.9. The van der Waals surface area contributed by atoms with E-state index in [9.17, 15) is 8.42 Å². The number of nitrogens with zero attached hydrogens (tertiary/aromatic N) is 1. The van der Waals surface area contributed by atoms with Gasteiger partial charge in [0.05, 0.1) is 5.02 Å². The van der Waals surface area contributed by atoms with E-state index in [-0.39, 0.29) is 9.92 Å². The second kappa shape index (κ2) is 6.64. The van der Waals surface area contributed by atoms with Crippen LogP contribution in [0, 0.1) is 0 Å². The molecule has 112 valence electrons. The van der Waals surface area contributed by atoms with E-state index in [4.69, 9.17) is 11.6 Å². The van der Waals surface area contributed by atoms with E-state index in [0.717, 1.165) is 4.47 Å². The first-order valence-electron chi connectivity index (χ1n) is 6.10. The zero-order valence-electron chi connectivity index (χ0n) is 11.1. The average Bonchev–Trinajstić information content (AvgIpc) is 2.43. The predicted octanol–water partition coefficient (Wildman–Crippen LogP) is 3.73. The molecule has 0 unspecified atom stereocenters. The molecule has 2 N–H and O–H groups in total. The number of aromatic nitrogens is 1. The van der Waals surface area contributed by atoms with Crippen LogP contribution in [0.15, 0.2) is 45.9 Å². The van der Waals surface area contributed by atoms with Gasteiger partial charge in [-0.25, -0.2) is 13.4 Å². The number of hydrogen-bond acceptors (Lipinski definition) is 4. The minimum absolute atomic E-state index is 0.0112. The Balaban J connectivity index is 2.27. The molecule has 1 aromatic heterocycles. The normalized spacial score (nSPS) is 11.2. The first-order chi connectivity index (χ1) is 9.92. The Kier molecular flexibility index (Phi) is 5.08. The highest BCUT2D eigenvalue weighted by Crippen LogP contribution is 2.24. The molecule has 0 spiro atoms. The van der Waals surface area contributed by atoms with Crippen LogP contribution in [-0.4, -0.2) is 19.9 Å². The number of hydrogen-bond donors (Lipinski definition) is 2. The molecule has 2 aromatic rings. The smallest absolute Gasteiger partial charge is 0.263 e. The fourth-order valence-electron chi connectivity index (χ4n) is 1.60. The zero-order valence-corrected chi connectivity index (χ0v) is 14.3. The van der Waals surface area contributed by atoms with Crippen molar-refractivity contribution in [3.8, 4) is 0 Å². The van der Waals surface area contributed by atoms with Crippen molar-refractivity contribution in [1.29, 1.82) is 0 Å². The second-order valence-electron chi connectivity index (χ2n) is 4.14. The maximum absolute atomic E-state index is 12.3. The van der Waals surface area contributed by atoms with Crippen molar-refractivity contribution in [2.24, 2.45) is 0 Å². The third-order valence-corrected chi connectivity index (χ3v) is 4.73. The van der Waals surface area contributed by atoms with Crippen molar-refractivity contribution in [1.82, 2.24) is 4.98 Å². The van der Waals surface area contributed by atoms with Gasteiger partial charge >= 0.3 is 0 Å². The number of halogens is 2. The molecule has 0 radical (unpaired) electrons. The van der Waals surface area contributed by atoms with Crippen LogP contribution in [0.1, 0.15) is 6.92 Å². The second-order valence-corrected chi connectivity index (χ2v) is 7.15. The number of nitrogens with one attached hydrogen (secondary N) is 2. The molecule has 0 fully saturated rings. The van der Waals surface area contributed by atoms with Crippen molar-refractivity contribution in [2.75, 3.05) is 16.6 Å². The first kappa shape index (κ1) is 16.1. The molecule has 0 amide bonds. The molecular formula is C13H13BrClN3O2S. The molecule has 1 heterocycles. The molecule has 2 rings (SSSR count). The molecule has 0 aliphatic rings. The van der Waals surface area contributed by atoms with Crippen LogP contribution in [0.4, 0.5) is 11.5 Å². The van der Waals surface area contributed by atoms with E-state index < -0.39 is 10.0 Å². The van der Waals surface area contributed by atoms with Crippen LogP contribution < -0.4 is 10.0 Å².